The molecule has 1 atom stereocenters. The predicted molar refractivity (Wildman–Crippen MR) is 111 cm³/mol. The van der Waals surface area contributed by atoms with E-state index in [-0.39, 0.29) is 11.8 Å². The van der Waals surface area contributed by atoms with Crippen molar-refractivity contribution in [3.05, 3.63) is 48.0 Å². The molecule has 1 aromatic heterocycles. The largest absolute Gasteiger partial charge is 0.378 e. The monoisotopic (exact) mass is 411 g/mol. The number of rotatable bonds is 7. The second-order valence-electron chi connectivity index (χ2n) is 8.07. The Morgan fingerprint density at radius 1 is 1.13 bits per heavy atom. The highest BCUT2D eigenvalue weighted by Crippen LogP contribution is 2.22. The molecule has 2 fully saturated rings. The second kappa shape index (κ2) is 9.84. The third-order valence-electron chi connectivity index (χ3n) is 5.88. The fraction of sp³-hybridized carbons (Fsp3) is 0.545. The molecular weight excluding hydrogens is 382 g/mol. The summed E-state index contributed by atoms with van der Waals surface area (Å²) in [5.41, 5.74) is 1.91. The number of hydrogen-bond donors (Lipinski definition) is 0. The van der Waals surface area contributed by atoms with E-state index in [1.54, 1.807) is 11.0 Å². The molecule has 8 heteroatoms. The molecule has 0 bridgehead atoms. The minimum atomic E-state index is 0.0794. The summed E-state index contributed by atoms with van der Waals surface area (Å²) < 4.78 is 7.09. The van der Waals surface area contributed by atoms with Gasteiger partial charge in [0, 0.05) is 44.7 Å². The number of morpholine rings is 1. The van der Waals surface area contributed by atoms with Crippen molar-refractivity contribution in [1.29, 1.82) is 0 Å². The summed E-state index contributed by atoms with van der Waals surface area (Å²) >= 11 is 0. The maximum atomic E-state index is 12.7. The van der Waals surface area contributed by atoms with Gasteiger partial charge in [0.1, 0.15) is 12.7 Å². The fourth-order valence-corrected chi connectivity index (χ4v) is 4.24. The summed E-state index contributed by atoms with van der Waals surface area (Å²) in [7, 11) is 0. The van der Waals surface area contributed by atoms with Crippen LogP contribution in [0.5, 0.6) is 0 Å². The van der Waals surface area contributed by atoms with Gasteiger partial charge in [0.2, 0.25) is 5.91 Å². The highest BCUT2D eigenvalue weighted by molar-refractivity contribution is 5.94. The van der Waals surface area contributed by atoms with E-state index in [1.807, 2.05) is 28.0 Å². The van der Waals surface area contributed by atoms with E-state index in [0.29, 0.717) is 45.2 Å². The van der Waals surface area contributed by atoms with Crippen molar-refractivity contribution in [2.24, 2.45) is 5.92 Å². The van der Waals surface area contributed by atoms with E-state index in [4.69, 9.17) is 4.74 Å². The minimum absolute atomic E-state index is 0.0794. The van der Waals surface area contributed by atoms with Crippen LogP contribution in [0, 0.1) is 5.92 Å². The smallest absolute Gasteiger partial charge is 0.254 e. The molecule has 0 saturated carbocycles. The number of nitrogens with zero attached hydrogens (tertiary/aromatic N) is 5. The van der Waals surface area contributed by atoms with Crippen molar-refractivity contribution < 1.29 is 14.3 Å². The maximum absolute atomic E-state index is 12.7. The standard InChI is InChI=1S/C22H29N5O3/c28-21(5-2-7-27-17-23-16-24-27)26-8-6-19(15-26)13-18-3-1-4-20(14-18)22(29)25-9-11-30-12-10-25/h1,3-4,14,16-17,19H,2,5-13,15H2. The molecule has 2 amide bonds. The molecule has 0 spiro atoms. The van der Waals surface area contributed by atoms with Gasteiger partial charge in [-0.15, -0.1) is 0 Å². The van der Waals surface area contributed by atoms with E-state index in [9.17, 15) is 9.59 Å². The Hall–Kier alpha value is -2.74. The van der Waals surface area contributed by atoms with Gasteiger partial charge in [-0.3, -0.25) is 14.3 Å². The number of aromatic nitrogens is 3. The number of aryl methyl sites for hydroxylation is 1. The highest BCUT2D eigenvalue weighted by atomic mass is 16.5. The van der Waals surface area contributed by atoms with Gasteiger partial charge in [-0.2, -0.15) is 5.10 Å². The lowest BCUT2D eigenvalue weighted by Gasteiger charge is -2.27. The lowest BCUT2D eigenvalue weighted by molar-refractivity contribution is -0.130. The Morgan fingerprint density at radius 3 is 2.80 bits per heavy atom. The van der Waals surface area contributed by atoms with Crippen LogP contribution in [-0.4, -0.2) is 75.8 Å². The Bertz CT molecular complexity index is 848. The zero-order valence-electron chi connectivity index (χ0n) is 17.3. The molecule has 1 unspecified atom stereocenters. The molecule has 4 rings (SSSR count). The molecule has 160 valence electrons. The Kier molecular flexibility index (Phi) is 6.74. The summed E-state index contributed by atoms with van der Waals surface area (Å²) in [5.74, 6) is 0.739. The lowest BCUT2D eigenvalue weighted by atomic mass is 9.97. The third kappa shape index (κ3) is 5.24. The molecule has 1 aromatic carbocycles. The summed E-state index contributed by atoms with van der Waals surface area (Å²) in [6.45, 7) is 4.85. The van der Waals surface area contributed by atoms with Crippen LogP contribution in [0.2, 0.25) is 0 Å². The third-order valence-corrected chi connectivity index (χ3v) is 5.88. The van der Waals surface area contributed by atoms with Crippen LogP contribution in [0.15, 0.2) is 36.9 Å². The first-order chi connectivity index (χ1) is 14.7. The second-order valence-corrected chi connectivity index (χ2v) is 8.07. The molecule has 2 aliphatic rings. The van der Waals surface area contributed by atoms with E-state index >= 15 is 0 Å². The van der Waals surface area contributed by atoms with E-state index in [1.165, 1.54) is 11.9 Å². The molecular formula is C22H29N5O3. The van der Waals surface area contributed by atoms with Gasteiger partial charge in [0.15, 0.2) is 0 Å². The van der Waals surface area contributed by atoms with Crippen molar-refractivity contribution in [2.75, 3.05) is 39.4 Å². The SMILES string of the molecule is O=C(CCCn1cncn1)N1CCC(Cc2cccc(C(=O)N3CCOCC3)c2)C1. The molecule has 2 saturated heterocycles. The Morgan fingerprint density at radius 2 is 2.00 bits per heavy atom. The number of ether oxygens (including phenoxy) is 1. The van der Waals surface area contributed by atoms with Crippen LogP contribution >= 0.6 is 0 Å². The number of amides is 2. The molecule has 30 heavy (non-hydrogen) atoms. The quantitative estimate of drug-likeness (QED) is 0.692. The molecule has 0 radical (unpaired) electrons. The van der Waals surface area contributed by atoms with E-state index in [0.717, 1.165) is 37.9 Å². The molecule has 0 aliphatic carbocycles. The molecule has 2 aliphatic heterocycles. The topological polar surface area (TPSA) is 80.6 Å². The van der Waals surface area contributed by atoms with Gasteiger partial charge < -0.3 is 14.5 Å². The van der Waals surface area contributed by atoms with Crippen LogP contribution in [0.1, 0.15) is 35.2 Å². The number of carbonyl (C=O) groups is 2. The normalized spacial score (nSPS) is 19.3. The van der Waals surface area contributed by atoms with Gasteiger partial charge in [0.25, 0.3) is 5.91 Å². The molecule has 0 N–H and O–H groups in total. The average Bonchev–Trinajstić information content (AvgIpc) is 3.46. The first-order valence-corrected chi connectivity index (χ1v) is 10.7. The van der Waals surface area contributed by atoms with Crippen molar-refractivity contribution in [3.63, 3.8) is 0 Å². The first kappa shape index (κ1) is 20.5. The van der Waals surface area contributed by atoms with E-state index in [2.05, 4.69) is 16.1 Å². The predicted octanol–water partition coefficient (Wildman–Crippen LogP) is 1.62. The average molecular weight is 412 g/mol. The summed E-state index contributed by atoms with van der Waals surface area (Å²) in [6.07, 6.45) is 6.40. The van der Waals surface area contributed by atoms with Crippen LogP contribution in [0.4, 0.5) is 0 Å². The number of likely N-dealkylation sites (tertiary alicyclic amines) is 1. The van der Waals surface area contributed by atoms with Gasteiger partial charge in [-0.25, -0.2) is 4.98 Å². The number of benzene rings is 1. The number of carbonyl (C=O) groups excluding carboxylic acids is 2. The van der Waals surface area contributed by atoms with Crippen LogP contribution in [0.3, 0.4) is 0 Å². The minimum Gasteiger partial charge on any atom is -0.378 e. The van der Waals surface area contributed by atoms with Gasteiger partial charge in [-0.05, 0) is 42.9 Å². The van der Waals surface area contributed by atoms with E-state index < -0.39 is 0 Å². The van der Waals surface area contributed by atoms with Gasteiger partial charge in [-0.1, -0.05) is 12.1 Å². The summed E-state index contributed by atoms with van der Waals surface area (Å²) in [5, 5.41) is 4.07. The van der Waals surface area contributed by atoms with Crippen molar-refractivity contribution in [3.8, 4) is 0 Å². The van der Waals surface area contributed by atoms with Crippen molar-refractivity contribution in [1.82, 2.24) is 24.6 Å². The van der Waals surface area contributed by atoms with Crippen LogP contribution < -0.4 is 0 Å². The summed E-state index contributed by atoms with van der Waals surface area (Å²) in [6, 6.07) is 7.95. The van der Waals surface area contributed by atoms with Crippen LogP contribution in [0.25, 0.3) is 0 Å². The zero-order chi connectivity index (χ0) is 20.8. The maximum Gasteiger partial charge on any atom is 0.254 e. The number of hydrogen-bond acceptors (Lipinski definition) is 5. The van der Waals surface area contributed by atoms with Gasteiger partial charge >= 0.3 is 0 Å². The van der Waals surface area contributed by atoms with Crippen LogP contribution in [-0.2, 0) is 22.5 Å². The van der Waals surface area contributed by atoms with Crippen molar-refractivity contribution in [2.45, 2.75) is 32.2 Å². The zero-order valence-corrected chi connectivity index (χ0v) is 17.3. The summed E-state index contributed by atoms with van der Waals surface area (Å²) in [4.78, 5) is 33.0. The Labute approximate surface area is 176 Å². The first-order valence-electron chi connectivity index (χ1n) is 10.7. The highest BCUT2D eigenvalue weighted by Gasteiger charge is 2.26. The molecule has 8 nitrogen and oxygen atoms in total. The molecule has 2 aromatic rings. The van der Waals surface area contributed by atoms with Crippen molar-refractivity contribution >= 4 is 11.8 Å². The lowest BCUT2D eigenvalue weighted by Crippen LogP contribution is -2.40. The Balaban J connectivity index is 1.25. The fourth-order valence-electron chi connectivity index (χ4n) is 4.24. The molecule has 3 heterocycles. The van der Waals surface area contributed by atoms with Gasteiger partial charge in [0.05, 0.1) is 13.2 Å².